The summed E-state index contributed by atoms with van der Waals surface area (Å²) in [5.41, 5.74) is 2.69. The van der Waals surface area contributed by atoms with Gasteiger partial charge in [-0.3, -0.25) is 0 Å². The van der Waals surface area contributed by atoms with Gasteiger partial charge in [0.15, 0.2) is 17.9 Å². The Labute approximate surface area is 186 Å². The predicted octanol–water partition coefficient (Wildman–Crippen LogP) is 5.22. The topological polar surface area (TPSA) is 78.1 Å². The van der Waals surface area contributed by atoms with Crippen LogP contribution in [0.25, 0.3) is 11.0 Å². The number of rotatable bonds is 11. The highest BCUT2D eigenvalue weighted by Crippen LogP contribution is 2.29. The Hall–Kier alpha value is -3.61. The maximum atomic E-state index is 10.8. The molecule has 6 nitrogen and oxygen atoms in total. The van der Waals surface area contributed by atoms with Crippen LogP contribution in [0.15, 0.2) is 89.3 Å². The van der Waals surface area contributed by atoms with E-state index in [4.69, 9.17) is 23.7 Å². The van der Waals surface area contributed by atoms with Gasteiger partial charge in [0.05, 0.1) is 13.2 Å². The summed E-state index contributed by atoms with van der Waals surface area (Å²) in [6.07, 6.45) is -0.166. The van der Waals surface area contributed by atoms with Crippen LogP contribution in [0.1, 0.15) is 23.0 Å². The molecule has 0 amide bonds. The maximum Gasteiger partial charge on any atom is 0.341 e. The zero-order chi connectivity index (χ0) is 22.2. The standard InChI is InChI=1S/C26H24O6/c27-24(28)18-31-23-13-7-12-21-16-22(32-26(21)23)17-29-14-15-30-25(19-8-3-1-4-9-19)20-10-5-2-6-11-20/h1-13,16,25H,14-15,17-18H2,(H,27,28). The summed E-state index contributed by atoms with van der Waals surface area (Å²) in [7, 11) is 0. The molecule has 0 radical (unpaired) electrons. The van der Waals surface area contributed by atoms with E-state index in [1.54, 1.807) is 12.1 Å². The molecule has 0 fully saturated rings. The number of hydrogen-bond donors (Lipinski definition) is 1. The number of ether oxygens (including phenoxy) is 3. The van der Waals surface area contributed by atoms with E-state index < -0.39 is 12.6 Å². The SMILES string of the molecule is O=C(O)COc1cccc2cc(COCCOC(c3ccccc3)c3ccccc3)oc12. The second-order valence-corrected chi connectivity index (χ2v) is 7.19. The van der Waals surface area contributed by atoms with Crippen LogP contribution in [0.3, 0.4) is 0 Å². The lowest BCUT2D eigenvalue weighted by Crippen LogP contribution is -2.11. The highest BCUT2D eigenvalue weighted by atomic mass is 16.5. The van der Waals surface area contributed by atoms with Crippen molar-refractivity contribution in [1.29, 1.82) is 0 Å². The van der Waals surface area contributed by atoms with Crippen molar-refractivity contribution < 1.29 is 28.5 Å². The second-order valence-electron chi connectivity index (χ2n) is 7.19. The quantitative estimate of drug-likeness (QED) is 0.328. The molecule has 0 saturated heterocycles. The van der Waals surface area contributed by atoms with Crippen LogP contribution < -0.4 is 4.74 Å². The van der Waals surface area contributed by atoms with Crippen LogP contribution in [0.5, 0.6) is 5.75 Å². The number of carboxylic acid groups (broad SMARTS) is 1. The molecule has 0 saturated carbocycles. The third-order valence-electron chi connectivity index (χ3n) is 4.87. The zero-order valence-electron chi connectivity index (χ0n) is 17.5. The minimum Gasteiger partial charge on any atom is -0.479 e. The maximum absolute atomic E-state index is 10.8. The van der Waals surface area contributed by atoms with E-state index in [0.717, 1.165) is 16.5 Å². The lowest BCUT2D eigenvalue weighted by Gasteiger charge is -2.19. The predicted molar refractivity (Wildman–Crippen MR) is 120 cm³/mol. The van der Waals surface area contributed by atoms with Gasteiger partial charge >= 0.3 is 5.97 Å². The lowest BCUT2D eigenvalue weighted by molar-refractivity contribution is -0.139. The van der Waals surface area contributed by atoms with Crippen molar-refractivity contribution in [3.63, 3.8) is 0 Å². The van der Waals surface area contributed by atoms with Crippen LogP contribution in [-0.2, 0) is 20.9 Å². The summed E-state index contributed by atoms with van der Waals surface area (Å²) in [6.45, 7) is 0.669. The summed E-state index contributed by atoms with van der Waals surface area (Å²) < 4.78 is 23.0. The summed E-state index contributed by atoms with van der Waals surface area (Å²) in [4.78, 5) is 10.8. The van der Waals surface area contributed by atoms with Gasteiger partial charge in [0.25, 0.3) is 0 Å². The Morgan fingerprint density at radius 2 is 1.56 bits per heavy atom. The first-order valence-electron chi connectivity index (χ1n) is 10.4. The van der Waals surface area contributed by atoms with Crippen LogP contribution in [0, 0.1) is 0 Å². The van der Waals surface area contributed by atoms with Crippen molar-refractivity contribution in [3.8, 4) is 5.75 Å². The van der Waals surface area contributed by atoms with Gasteiger partial charge in [-0.1, -0.05) is 72.8 Å². The monoisotopic (exact) mass is 432 g/mol. The number of carbonyl (C=O) groups is 1. The number of para-hydroxylation sites is 1. The normalized spacial score (nSPS) is 11.2. The Balaban J connectivity index is 1.33. The Kier molecular flexibility index (Phi) is 7.17. The van der Waals surface area contributed by atoms with E-state index in [1.807, 2.05) is 48.5 Å². The number of carboxylic acids is 1. The summed E-state index contributed by atoms with van der Waals surface area (Å²) in [5.74, 6) is -0.0106. The van der Waals surface area contributed by atoms with Crippen molar-refractivity contribution in [2.45, 2.75) is 12.7 Å². The summed E-state index contributed by atoms with van der Waals surface area (Å²) >= 11 is 0. The van der Waals surface area contributed by atoms with Crippen LogP contribution in [0.2, 0.25) is 0 Å². The van der Waals surface area contributed by atoms with Gasteiger partial charge in [0, 0.05) is 5.39 Å². The third-order valence-corrected chi connectivity index (χ3v) is 4.87. The Morgan fingerprint density at radius 1 is 0.875 bits per heavy atom. The molecule has 0 spiro atoms. The molecule has 0 aliphatic heterocycles. The number of fused-ring (bicyclic) bond motifs is 1. The van der Waals surface area contributed by atoms with Crippen molar-refractivity contribution in [1.82, 2.24) is 0 Å². The van der Waals surface area contributed by atoms with E-state index >= 15 is 0 Å². The minimum atomic E-state index is -1.04. The molecule has 0 atom stereocenters. The average Bonchev–Trinajstić information content (AvgIpc) is 3.24. The summed E-state index contributed by atoms with van der Waals surface area (Å²) in [5, 5.41) is 9.65. The van der Waals surface area contributed by atoms with E-state index in [9.17, 15) is 4.79 Å². The van der Waals surface area contributed by atoms with E-state index in [2.05, 4.69) is 24.3 Å². The molecule has 1 heterocycles. The molecule has 32 heavy (non-hydrogen) atoms. The van der Waals surface area contributed by atoms with E-state index in [-0.39, 0.29) is 12.7 Å². The van der Waals surface area contributed by atoms with Crippen molar-refractivity contribution in [2.75, 3.05) is 19.8 Å². The molecule has 4 aromatic rings. The van der Waals surface area contributed by atoms with E-state index in [0.29, 0.717) is 30.3 Å². The molecule has 3 aromatic carbocycles. The molecular formula is C26H24O6. The van der Waals surface area contributed by atoms with Gasteiger partial charge in [-0.25, -0.2) is 4.79 Å². The van der Waals surface area contributed by atoms with Crippen molar-refractivity contribution in [3.05, 3.63) is 102 Å². The van der Waals surface area contributed by atoms with Crippen LogP contribution >= 0.6 is 0 Å². The Morgan fingerprint density at radius 3 is 2.22 bits per heavy atom. The van der Waals surface area contributed by atoms with Crippen LogP contribution in [-0.4, -0.2) is 30.9 Å². The minimum absolute atomic E-state index is 0.166. The van der Waals surface area contributed by atoms with Gasteiger partial charge < -0.3 is 23.7 Å². The smallest absolute Gasteiger partial charge is 0.341 e. The largest absolute Gasteiger partial charge is 0.479 e. The molecule has 4 rings (SSSR count). The van der Waals surface area contributed by atoms with Gasteiger partial charge in [-0.2, -0.15) is 0 Å². The zero-order valence-corrected chi connectivity index (χ0v) is 17.5. The first kappa shape index (κ1) is 21.6. The average molecular weight is 432 g/mol. The molecule has 1 N–H and O–H groups in total. The molecular weight excluding hydrogens is 408 g/mol. The molecule has 0 aliphatic rings. The fourth-order valence-corrected chi connectivity index (χ4v) is 3.45. The highest BCUT2D eigenvalue weighted by Gasteiger charge is 2.14. The molecule has 164 valence electrons. The van der Waals surface area contributed by atoms with Crippen molar-refractivity contribution >= 4 is 16.9 Å². The molecule has 0 aliphatic carbocycles. The van der Waals surface area contributed by atoms with Gasteiger partial charge in [0.2, 0.25) is 0 Å². The molecule has 6 heteroatoms. The first-order chi connectivity index (χ1) is 15.7. The number of furan rings is 1. The highest BCUT2D eigenvalue weighted by molar-refractivity contribution is 5.84. The fraction of sp³-hybridized carbons (Fsp3) is 0.192. The number of benzene rings is 3. The van der Waals surface area contributed by atoms with Crippen LogP contribution in [0.4, 0.5) is 0 Å². The lowest BCUT2D eigenvalue weighted by atomic mass is 10.0. The fourth-order valence-electron chi connectivity index (χ4n) is 3.45. The first-order valence-corrected chi connectivity index (χ1v) is 10.4. The van der Waals surface area contributed by atoms with Gasteiger partial charge in [-0.05, 0) is 23.3 Å². The van der Waals surface area contributed by atoms with Gasteiger partial charge in [0.1, 0.15) is 18.5 Å². The van der Waals surface area contributed by atoms with Crippen molar-refractivity contribution in [2.24, 2.45) is 0 Å². The Bertz CT molecular complexity index is 1100. The second kappa shape index (κ2) is 10.6. The summed E-state index contributed by atoms with van der Waals surface area (Å²) in [6, 6.07) is 27.4. The number of hydrogen-bond acceptors (Lipinski definition) is 5. The molecule has 0 bridgehead atoms. The molecule has 0 unspecified atom stereocenters. The number of aliphatic carboxylic acids is 1. The van der Waals surface area contributed by atoms with E-state index in [1.165, 1.54) is 0 Å². The molecule has 1 aromatic heterocycles. The third kappa shape index (κ3) is 5.55. The van der Waals surface area contributed by atoms with Gasteiger partial charge in [-0.15, -0.1) is 0 Å².